The van der Waals surface area contributed by atoms with Gasteiger partial charge in [0.15, 0.2) is 0 Å². The minimum atomic E-state index is -4.04. The summed E-state index contributed by atoms with van der Waals surface area (Å²) in [6, 6.07) is -0.995. The number of nitrogens with zero attached hydrogens (tertiary/aromatic N) is 1. The Bertz CT molecular complexity index is 1210. The van der Waals surface area contributed by atoms with Crippen molar-refractivity contribution in [1.29, 1.82) is 0 Å². The largest absolute Gasteiger partial charge is 0.487 e. The molecule has 1 aliphatic heterocycles. The van der Waals surface area contributed by atoms with E-state index in [1.807, 2.05) is 20.8 Å². The molecule has 1 aromatic carbocycles. The zero-order chi connectivity index (χ0) is 28.1. The van der Waals surface area contributed by atoms with Crippen molar-refractivity contribution < 1.29 is 37.4 Å². The van der Waals surface area contributed by atoms with Gasteiger partial charge in [0, 0.05) is 24.9 Å². The third-order valence-electron chi connectivity index (χ3n) is 6.12. The third-order valence-corrected chi connectivity index (χ3v) is 7.75. The number of nitrogens with two attached hydrogens (primary N) is 1. The van der Waals surface area contributed by atoms with Gasteiger partial charge in [-0.2, -0.15) is 0 Å². The average Bonchev–Trinajstić information content (AvgIpc) is 3.13. The highest BCUT2D eigenvalue weighted by atomic mass is 32.2. The number of aliphatic carboxylic acids is 1. The molecule has 0 spiro atoms. The zero-order valence-electron chi connectivity index (χ0n) is 22.1. The first-order valence-corrected chi connectivity index (χ1v) is 13.3. The summed E-state index contributed by atoms with van der Waals surface area (Å²) in [5, 5.41) is 11.1. The number of carboxylic acids is 1. The maximum Gasteiger partial charge on any atom is 0.328 e. The van der Waals surface area contributed by atoms with Gasteiger partial charge in [-0.25, -0.2) is 17.9 Å². The summed E-state index contributed by atoms with van der Waals surface area (Å²) in [6.45, 7) is 9.25. The molecule has 12 nitrogen and oxygen atoms in total. The maximum absolute atomic E-state index is 13.2. The Balaban J connectivity index is 2.07. The number of ether oxygens (including phenoxy) is 2. The molecule has 1 atom stereocenters. The number of guanidine groups is 1. The normalized spacial score (nSPS) is 15.4. The molecule has 0 aromatic heterocycles. The molecule has 37 heavy (non-hydrogen) atoms. The van der Waals surface area contributed by atoms with Gasteiger partial charge in [-0.05, 0) is 64.2 Å². The summed E-state index contributed by atoms with van der Waals surface area (Å²) in [7, 11) is -2.87. The van der Waals surface area contributed by atoms with E-state index in [-0.39, 0.29) is 43.1 Å². The number of aliphatic imine (C=N–C) groups is 1. The van der Waals surface area contributed by atoms with E-state index in [2.05, 4.69) is 19.8 Å². The van der Waals surface area contributed by atoms with Crippen LogP contribution in [0, 0.1) is 20.8 Å². The van der Waals surface area contributed by atoms with Crippen molar-refractivity contribution >= 4 is 33.8 Å². The van der Waals surface area contributed by atoms with E-state index in [9.17, 15) is 22.8 Å². The number of carbonyl (C=O) groups is 3. The lowest BCUT2D eigenvalue weighted by atomic mass is 9.94. The van der Waals surface area contributed by atoms with Gasteiger partial charge in [0.05, 0.1) is 18.4 Å². The molecule has 206 valence electrons. The van der Waals surface area contributed by atoms with Crippen LogP contribution < -0.4 is 20.5 Å². The SMILES string of the molecule is COC(=O)[C@H](CCCN=C(N)NS(=O)(=O)c1c(C)c(C)c2c(c1C)CC(C)(C)O2)NC(=O)CCC(=O)O. The second-order valence-electron chi connectivity index (χ2n) is 9.60. The second-order valence-corrected chi connectivity index (χ2v) is 11.2. The van der Waals surface area contributed by atoms with Crippen LogP contribution >= 0.6 is 0 Å². The van der Waals surface area contributed by atoms with E-state index in [0.717, 1.165) is 16.9 Å². The van der Waals surface area contributed by atoms with E-state index >= 15 is 0 Å². The van der Waals surface area contributed by atoms with Gasteiger partial charge in [0.1, 0.15) is 17.4 Å². The van der Waals surface area contributed by atoms with Gasteiger partial charge in [-0.1, -0.05) is 0 Å². The number of carbonyl (C=O) groups excluding carboxylic acids is 2. The standard InChI is InChI=1S/C24H36N4O8S/c1-13-14(2)21(15(3)16-12-24(4,5)36-20(13)16)37(33,34)28-23(25)26-11-7-8-17(22(32)35-6)27-18(29)9-10-19(30)31/h17H,7-12H2,1-6H3,(H,27,29)(H,30,31)(H3,25,26,28)/t17-/m0/s1. The number of amides is 1. The lowest BCUT2D eigenvalue weighted by molar-refractivity contribution is -0.145. The van der Waals surface area contributed by atoms with Crippen molar-refractivity contribution in [3.05, 3.63) is 22.3 Å². The molecule has 0 radical (unpaired) electrons. The number of hydrogen-bond acceptors (Lipinski definition) is 8. The highest BCUT2D eigenvalue weighted by Gasteiger charge is 2.36. The van der Waals surface area contributed by atoms with E-state index < -0.39 is 39.5 Å². The van der Waals surface area contributed by atoms with Crippen molar-refractivity contribution in [3.8, 4) is 5.75 Å². The minimum absolute atomic E-state index is 0.0655. The fourth-order valence-corrected chi connectivity index (χ4v) is 5.77. The van der Waals surface area contributed by atoms with Crippen LogP contribution in [-0.4, -0.2) is 62.6 Å². The van der Waals surface area contributed by atoms with Crippen molar-refractivity contribution in [1.82, 2.24) is 10.0 Å². The Morgan fingerprint density at radius 3 is 2.41 bits per heavy atom. The molecule has 0 aliphatic carbocycles. The number of fused-ring (bicyclic) bond motifs is 1. The molecule has 0 unspecified atom stereocenters. The van der Waals surface area contributed by atoms with Crippen LogP contribution in [0.1, 0.15) is 61.8 Å². The van der Waals surface area contributed by atoms with Gasteiger partial charge < -0.3 is 25.6 Å². The van der Waals surface area contributed by atoms with Gasteiger partial charge in [-0.15, -0.1) is 0 Å². The van der Waals surface area contributed by atoms with E-state index in [1.54, 1.807) is 13.8 Å². The zero-order valence-corrected chi connectivity index (χ0v) is 22.9. The van der Waals surface area contributed by atoms with E-state index in [0.29, 0.717) is 17.5 Å². The number of carboxylic acid groups (broad SMARTS) is 1. The first-order valence-electron chi connectivity index (χ1n) is 11.8. The van der Waals surface area contributed by atoms with E-state index in [4.69, 9.17) is 15.6 Å². The van der Waals surface area contributed by atoms with Crippen LogP contribution in [0.25, 0.3) is 0 Å². The number of methoxy groups -OCH3 is 1. The van der Waals surface area contributed by atoms with Crippen LogP contribution in [0.15, 0.2) is 9.89 Å². The monoisotopic (exact) mass is 540 g/mol. The molecule has 0 fully saturated rings. The molecule has 1 aromatic rings. The smallest absolute Gasteiger partial charge is 0.328 e. The summed E-state index contributed by atoms with van der Waals surface area (Å²) >= 11 is 0. The average molecular weight is 541 g/mol. The number of rotatable bonds is 11. The quantitative estimate of drug-likeness (QED) is 0.138. The molecule has 1 heterocycles. The fraction of sp³-hybridized carbons (Fsp3) is 0.583. The molecule has 2 rings (SSSR count). The second kappa shape index (κ2) is 11.8. The predicted octanol–water partition coefficient (Wildman–Crippen LogP) is 1.22. The van der Waals surface area contributed by atoms with Gasteiger partial charge in [-0.3, -0.25) is 14.6 Å². The number of sulfonamides is 1. The minimum Gasteiger partial charge on any atom is -0.487 e. The molecule has 0 saturated carbocycles. The molecule has 1 amide bonds. The summed E-state index contributed by atoms with van der Waals surface area (Å²) < 4.78 is 39.5. The number of esters is 1. The maximum atomic E-state index is 13.2. The van der Waals surface area contributed by atoms with Crippen LogP contribution in [0.2, 0.25) is 0 Å². The summed E-state index contributed by atoms with van der Waals surface area (Å²) in [4.78, 5) is 38.6. The van der Waals surface area contributed by atoms with Crippen LogP contribution in [0.3, 0.4) is 0 Å². The number of nitrogens with one attached hydrogen (secondary N) is 2. The van der Waals surface area contributed by atoms with Gasteiger partial charge >= 0.3 is 11.9 Å². The number of benzene rings is 1. The van der Waals surface area contributed by atoms with Crippen molar-refractivity contribution in [2.24, 2.45) is 10.7 Å². The van der Waals surface area contributed by atoms with Crippen LogP contribution in [0.5, 0.6) is 5.75 Å². The molecule has 0 saturated heterocycles. The van der Waals surface area contributed by atoms with Crippen molar-refractivity contribution in [2.75, 3.05) is 13.7 Å². The van der Waals surface area contributed by atoms with Gasteiger partial charge in [0.25, 0.3) is 10.0 Å². The predicted molar refractivity (Wildman–Crippen MR) is 136 cm³/mol. The summed E-state index contributed by atoms with van der Waals surface area (Å²) in [6.07, 6.45) is 0.334. The molecular formula is C24H36N4O8S. The first-order chi connectivity index (χ1) is 17.1. The van der Waals surface area contributed by atoms with Gasteiger partial charge in [0.2, 0.25) is 11.9 Å². The Kier molecular flexibility index (Phi) is 9.53. The lowest BCUT2D eigenvalue weighted by Gasteiger charge is -2.19. The topological polar surface area (TPSA) is 186 Å². The Morgan fingerprint density at radius 2 is 1.81 bits per heavy atom. The molecule has 13 heteroatoms. The Morgan fingerprint density at radius 1 is 1.16 bits per heavy atom. The summed E-state index contributed by atoms with van der Waals surface area (Å²) in [5.41, 5.74) is 8.19. The third kappa shape index (κ3) is 7.57. The van der Waals surface area contributed by atoms with E-state index in [1.165, 1.54) is 7.11 Å². The fourth-order valence-electron chi connectivity index (χ4n) is 4.24. The lowest BCUT2D eigenvalue weighted by Crippen LogP contribution is -2.41. The molecular weight excluding hydrogens is 504 g/mol. The summed E-state index contributed by atoms with van der Waals surface area (Å²) in [5.74, 6) is -2.01. The van der Waals surface area contributed by atoms with Crippen molar-refractivity contribution in [3.63, 3.8) is 0 Å². The van der Waals surface area contributed by atoms with Crippen LogP contribution in [-0.2, 0) is 35.6 Å². The molecule has 5 N–H and O–H groups in total. The highest BCUT2D eigenvalue weighted by molar-refractivity contribution is 7.90. The first kappa shape index (κ1) is 29.9. The number of hydrogen-bond donors (Lipinski definition) is 4. The van der Waals surface area contributed by atoms with Crippen molar-refractivity contribution in [2.45, 2.75) is 83.3 Å². The Hall–Kier alpha value is -3.35. The van der Waals surface area contributed by atoms with Crippen LogP contribution in [0.4, 0.5) is 0 Å². The Labute approximate surface area is 217 Å². The molecule has 1 aliphatic rings. The highest BCUT2D eigenvalue weighted by Crippen LogP contribution is 2.43. The molecule has 0 bridgehead atoms.